The van der Waals surface area contributed by atoms with Gasteiger partial charge < -0.3 is 5.73 Å². The van der Waals surface area contributed by atoms with Crippen molar-refractivity contribution in [3.63, 3.8) is 0 Å². The molecule has 0 fully saturated rings. The Labute approximate surface area is 109 Å². The first-order valence-corrected chi connectivity index (χ1v) is 6.46. The van der Waals surface area contributed by atoms with E-state index in [1.807, 2.05) is 42.7 Å². The fourth-order valence-corrected chi connectivity index (χ4v) is 2.30. The minimum atomic E-state index is -0.365. The topological polar surface area (TPSA) is 73.8 Å². The molecule has 1 aromatic carbocycles. The van der Waals surface area contributed by atoms with Gasteiger partial charge >= 0.3 is 0 Å². The minimum Gasteiger partial charge on any atom is -0.369 e. The predicted molar refractivity (Wildman–Crippen MR) is 70.8 cm³/mol. The maximum Gasteiger partial charge on any atom is 0.227 e. The standard InChI is InChI=1S/C12H14N4OS/c1-8-3-5-10(6-4-8)16-9(2)14-15-12(16)18-7-11(13)17/h3-6H,7H2,1-2H3,(H2,13,17). The van der Waals surface area contributed by atoms with Crippen LogP contribution in [0.4, 0.5) is 0 Å². The van der Waals surface area contributed by atoms with E-state index in [0.29, 0.717) is 5.16 Å². The number of amides is 1. The minimum absolute atomic E-state index is 0.198. The van der Waals surface area contributed by atoms with Gasteiger partial charge in [-0.15, -0.1) is 10.2 Å². The summed E-state index contributed by atoms with van der Waals surface area (Å²) in [5, 5.41) is 8.76. The summed E-state index contributed by atoms with van der Waals surface area (Å²) < 4.78 is 1.91. The van der Waals surface area contributed by atoms with Gasteiger partial charge in [-0.25, -0.2) is 0 Å². The highest BCUT2D eigenvalue weighted by Gasteiger charge is 2.12. The number of nitrogens with two attached hydrogens (primary N) is 1. The molecule has 0 aliphatic carbocycles. The average molecular weight is 262 g/mol. The number of carbonyl (C=O) groups excluding carboxylic acids is 1. The van der Waals surface area contributed by atoms with Crippen molar-refractivity contribution in [3.05, 3.63) is 35.7 Å². The van der Waals surface area contributed by atoms with Gasteiger partial charge in [-0.2, -0.15) is 0 Å². The number of carbonyl (C=O) groups is 1. The van der Waals surface area contributed by atoms with E-state index in [9.17, 15) is 4.79 Å². The van der Waals surface area contributed by atoms with Crippen LogP contribution in [0.5, 0.6) is 0 Å². The zero-order chi connectivity index (χ0) is 13.1. The SMILES string of the molecule is Cc1ccc(-n2c(C)nnc2SCC(N)=O)cc1. The van der Waals surface area contributed by atoms with Crippen molar-refractivity contribution in [2.24, 2.45) is 5.73 Å². The maximum atomic E-state index is 10.8. The Hall–Kier alpha value is -1.82. The normalized spacial score (nSPS) is 10.6. The molecular formula is C12H14N4OS. The number of thioether (sulfide) groups is 1. The molecule has 0 saturated carbocycles. The molecule has 6 heteroatoms. The second-order valence-electron chi connectivity index (χ2n) is 3.96. The summed E-state index contributed by atoms with van der Waals surface area (Å²) >= 11 is 1.29. The monoisotopic (exact) mass is 262 g/mol. The van der Waals surface area contributed by atoms with Crippen LogP contribution in [0, 0.1) is 13.8 Å². The Bertz CT molecular complexity index is 562. The number of benzene rings is 1. The lowest BCUT2D eigenvalue weighted by Gasteiger charge is -2.07. The molecule has 1 aromatic heterocycles. The van der Waals surface area contributed by atoms with Crippen molar-refractivity contribution < 1.29 is 4.79 Å². The van der Waals surface area contributed by atoms with E-state index in [0.717, 1.165) is 11.5 Å². The van der Waals surface area contributed by atoms with Gasteiger partial charge in [0.15, 0.2) is 5.16 Å². The first kappa shape index (κ1) is 12.6. The summed E-state index contributed by atoms with van der Waals surface area (Å²) in [7, 11) is 0. The molecule has 94 valence electrons. The lowest BCUT2D eigenvalue weighted by molar-refractivity contribution is -0.115. The Balaban J connectivity index is 2.34. The molecule has 1 heterocycles. The van der Waals surface area contributed by atoms with E-state index in [-0.39, 0.29) is 11.7 Å². The molecule has 0 saturated heterocycles. The van der Waals surface area contributed by atoms with Gasteiger partial charge in [0.05, 0.1) is 5.75 Å². The van der Waals surface area contributed by atoms with Crippen molar-refractivity contribution in [1.82, 2.24) is 14.8 Å². The first-order valence-electron chi connectivity index (χ1n) is 5.48. The second-order valence-corrected chi connectivity index (χ2v) is 4.90. The van der Waals surface area contributed by atoms with E-state index in [1.54, 1.807) is 0 Å². The highest BCUT2D eigenvalue weighted by Crippen LogP contribution is 2.21. The Morgan fingerprint density at radius 2 is 1.94 bits per heavy atom. The zero-order valence-corrected chi connectivity index (χ0v) is 11.1. The molecule has 0 atom stereocenters. The van der Waals surface area contributed by atoms with E-state index in [4.69, 9.17) is 5.73 Å². The molecule has 18 heavy (non-hydrogen) atoms. The molecule has 0 bridgehead atoms. The molecule has 2 N–H and O–H groups in total. The average Bonchev–Trinajstić information content (AvgIpc) is 2.69. The van der Waals surface area contributed by atoms with Crippen LogP contribution in [0.2, 0.25) is 0 Å². The molecule has 0 radical (unpaired) electrons. The third-order valence-electron chi connectivity index (χ3n) is 2.43. The smallest absolute Gasteiger partial charge is 0.227 e. The van der Waals surface area contributed by atoms with Crippen LogP contribution in [0.25, 0.3) is 5.69 Å². The van der Waals surface area contributed by atoms with Crippen LogP contribution in [-0.2, 0) is 4.79 Å². The molecule has 1 amide bonds. The van der Waals surface area contributed by atoms with Gasteiger partial charge in [0.2, 0.25) is 5.91 Å². The summed E-state index contributed by atoms with van der Waals surface area (Å²) in [5.41, 5.74) is 7.31. The molecule has 5 nitrogen and oxygen atoms in total. The van der Waals surface area contributed by atoms with Gasteiger partial charge in [-0.3, -0.25) is 9.36 Å². The third kappa shape index (κ3) is 2.70. The van der Waals surface area contributed by atoms with Crippen molar-refractivity contribution in [2.75, 3.05) is 5.75 Å². The Kier molecular flexibility index (Phi) is 3.66. The fraction of sp³-hybridized carbons (Fsp3) is 0.250. The highest BCUT2D eigenvalue weighted by atomic mass is 32.2. The molecule has 0 aliphatic rings. The lowest BCUT2D eigenvalue weighted by Crippen LogP contribution is -2.13. The van der Waals surface area contributed by atoms with Crippen LogP contribution >= 0.6 is 11.8 Å². The largest absolute Gasteiger partial charge is 0.369 e. The molecule has 2 aromatic rings. The number of nitrogens with zero attached hydrogens (tertiary/aromatic N) is 3. The van der Waals surface area contributed by atoms with E-state index >= 15 is 0 Å². The number of hydrogen-bond acceptors (Lipinski definition) is 4. The third-order valence-corrected chi connectivity index (χ3v) is 3.38. The fourth-order valence-electron chi connectivity index (χ4n) is 1.56. The second kappa shape index (κ2) is 5.22. The van der Waals surface area contributed by atoms with E-state index in [2.05, 4.69) is 10.2 Å². The molecule has 0 spiro atoms. The summed E-state index contributed by atoms with van der Waals surface area (Å²) in [5.74, 6) is 0.617. The van der Waals surface area contributed by atoms with Gasteiger partial charge in [0.25, 0.3) is 0 Å². The molecule has 0 aliphatic heterocycles. The van der Waals surface area contributed by atoms with Crippen molar-refractivity contribution >= 4 is 17.7 Å². The van der Waals surface area contributed by atoms with Crippen LogP contribution in [0.3, 0.4) is 0 Å². The Morgan fingerprint density at radius 3 is 2.56 bits per heavy atom. The number of aromatic nitrogens is 3. The predicted octanol–water partition coefficient (Wildman–Crippen LogP) is 1.46. The maximum absolute atomic E-state index is 10.8. The lowest BCUT2D eigenvalue weighted by atomic mass is 10.2. The van der Waals surface area contributed by atoms with E-state index < -0.39 is 0 Å². The Morgan fingerprint density at radius 1 is 1.28 bits per heavy atom. The van der Waals surface area contributed by atoms with Crippen molar-refractivity contribution in [3.8, 4) is 5.69 Å². The van der Waals surface area contributed by atoms with Crippen LogP contribution < -0.4 is 5.73 Å². The van der Waals surface area contributed by atoms with Gasteiger partial charge in [0.1, 0.15) is 5.82 Å². The first-order chi connectivity index (χ1) is 8.58. The number of rotatable bonds is 4. The molecular weight excluding hydrogens is 248 g/mol. The van der Waals surface area contributed by atoms with E-state index in [1.165, 1.54) is 17.3 Å². The highest BCUT2D eigenvalue weighted by molar-refractivity contribution is 7.99. The van der Waals surface area contributed by atoms with Gasteiger partial charge in [-0.05, 0) is 26.0 Å². The van der Waals surface area contributed by atoms with Gasteiger partial charge in [0, 0.05) is 5.69 Å². The van der Waals surface area contributed by atoms with Crippen LogP contribution in [0.1, 0.15) is 11.4 Å². The number of aryl methyl sites for hydroxylation is 2. The molecule has 0 unspecified atom stereocenters. The summed E-state index contributed by atoms with van der Waals surface area (Å²) in [4.78, 5) is 10.8. The summed E-state index contributed by atoms with van der Waals surface area (Å²) in [6, 6.07) is 8.05. The van der Waals surface area contributed by atoms with Gasteiger partial charge in [-0.1, -0.05) is 29.5 Å². The summed E-state index contributed by atoms with van der Waals surface area (Å²) in [6.45, 7) is 3.91. The zero-order valence-electron chi connectivity index (χ0n) is 10.3. The number of hydrogen-bond donors (Lipinski definition) is 1. The molecule has 2 rings (SSSR count). The van der Waals surface area contributed by atoms with Crippen molar-refractivity contribution in [2.45, 2.75) is 19.0 Å². The quantitative estimate of drug-likeness (QED) is 0.847. The summed E-state index contributed by atoms with van der Waals surface area (Å²) in [6.07, 6.45) is 0. The number of primary amides is 1. The van der Waals surface area contributed by atoms with Crippen LogP contribution in [-0.4, -0.2) is 26.4 Å². The van der Waals surface area contributed by atoms with Crippen molar-refractivity contribution in [1.29, 1.82) is 0 Å². The van der Waals surface area contributed by atoms with Crippen LogP contribution in [0.15, 0.2) is 29.4 Å².